The van der Waals surface area contributed by atoms with Crippen molar-refractivity contribution < 1.29 is 14.3 Å². The summed E-state index contributed by atoms with van der Waals surface area (Å²) in [4.78, 5) is 16.2. The van der Waals surface area contributed by atoms with Crippen molar-refractivity contribution in [1.82, 2.24) is 10.3 Å². The lowest BCUT2D eigenvalue weighted by molar-refractivity contribution is -0.116. The Morgan fingerprint density at radius 2 is 2.12 bits per heavy atom. The van der Waals surface area contributed by atoms with Crippen molar-refractivity contribution in [3.05, 3.63) is 59.4 Å². The van der Waals surface area contributed by atoms with Crippen molar-refractivity contribution in [3.8, 4) is 11.5 Å². The minimum absolute atomic E-state index is 0.172. The maximum atomic E-state index is 12.0. The third-order valence-corrected chi connectivity index (χ3v) is 3.46. The number of aromatic nitrogens is 1. The second-order valence-electron chi connectivity index (χ2n) is 5.16. The third-order valence-electron chi connectivity index (χ3n) is 3.46. The first kappa shape index (κ1) is 17.5. The molecule has 1 N–H and O–H groups in total. The van der Waals surface area contributed by atoms with Gasteiger partial charge < -0.3 is 14.8 Å². The molecule has 1 aromatic carbocycles. The Bertz CT molecular complexity index is 726. The van der Waals surface area contributed by atoms with Gasteiger partial charge >= 0.3 is 0 Å². The van der Waals surface area contributed by atoms with Crippen molar-refractivity contribution in [2.45, 2.75) is 20.4 Å². The van der Waals surface area contributed by atoms with E-state index < -0.39 is 0 Å². The fourth-order valence-corrected chi connectivity index (χ4v) is 2.17. The molecule has 24 heavy (non-hydrogen) atoms. The van der Waals surface area contributed by atoms with Gasteiger partial charge in [-0.15, -0.1) is 0 Å². The number of methoxy groups -OCH3 is 1. The first-order valence-electron chi connectivity index (χ1n) is 7.81. The maximum absolute atomic E-state index is 12.0. The molecule has 0 atom stereocenters. The quantitative estimate of drug-likeness (QED) is 0.794. The first-order valence-corrected chi connectivity index (χ1v) is 7.81. The minimum atomic E-state index is -0.172. The highest BCUT2D eigenvalue weighted by molar-refractivity contribution is 5.91. The van der Waals surface area contributed by atoms with Crippen molar-refractivity contribution in [2.75, 3.05) is 13.7 Å². The third kappa shape index (κ3) is 4.84. The van der Waals surface area contributed by atoms with Crippen LogP contribution in [0.25, 0.3) is 6.08 Å². The molecule has 0 aliphatic carbocycles. The molecule has 2 rings (SSSR count). The maximum Gasteiger partial charge on any atom is 0.244 e. The molecule has 0 radical (unpaired) electrons. The molecular weight excluding hydrogens is 304 g/mol. The van der Waals surface area contributed by atoms with E-state index in [2.05, 4.69) is 10.3 Å². The van der Waals surface area contributed by atoms with E-state index in [9.17, 15) is 4.79 Å². The van der Waals surface area contributed by atoms with Crippen LogP contribution in [-0.4, -0.2) is 24.6 Å². The number of aryl methyl sites for hydroxylation is 1. The van der Waals surface area contributed by atoms with Crippen LogP contribution in [0.4, 0.5) is 0 Å². The van der Waals surface area contributed by atoms with Gasteiger partial charge in [0.15, 0.2) is 11.5 Å². The van der Waals surface area contributed by atoms with Crippen LogP contribution in [0, 0.1) is 6.92 Å². The number of ether oxygens (including phenoxy) is 2. The summed E-state index contributed by atoms with van der Waals surface area (Å²) in [6.07, 6.45) is 4.95. The molecule has 0 aliphatic heterocycles. The molecule has 1 aromatic heterocycles. The average molecular weight is 326 g/mol. The number of carbonyl (C=O) groups is 1. The van der Waals surface area contributed by atoms with Gasteiger partial charge in [0, 0.05) is 12.3 Å². The lowest BCUT2D eigenvalue weighted by atomic mass is 10.2. The number of hydrogen-bond acceptors (Lipinski definition) is 4. The summed E-state index contributed by atoms with van der Waals surface area (Å²) in [6, 6.07) is 9.38. The zero-order chi connectivity index (χ0) is 17.4. The molecule has 5 heteroatoms. The predicted molar refractivity (Wildman–Crippen MR) is 94.0 cm³/mol. The summed E-state index contributed by atoms with van der Waals surface area (Å²) in [5, 5.41) is 2.83. The fraction of sp³-hybridized carbons (Fsp3) is 0.263. The molecule has 0 unspecified atom stereocenters. The Hall–Kier alpha value is -2.82. The fourth-order valence-electron chi connectivity index (χ4n) is 2.17. The Morgan fingerprint density at radius 1 is 1.29 bits per heavy atom. The summed E-state index contributed by atoms with van der Waals surface area (Å²) in [7, 11) is 1.60. The van der Waals surface area contributed by atoms with Gasteiger partial charge in [0.2, 0.25) is 5.91 Å². The Morgan fingerprint density at radius 3 is 2.83 bits per heavy atom. The summed E-state index contributed by atoms with van der Waals surface area (Å²) >= 11 is 0. The lowest BCUT2D eigenvalue weighted by Crippen LogP contribution is -2.21. The Labute approximate surface area is 142 Å². The van der Waals surface area contributed by atoms with Gasteiger partial charge in [-0.25, -0.2) is 0 Å². The monoisotopic (exact) mass is 326 g/mol. The topological polar surface area (TPSA) is 60.5 Å². The van der Waals surface area contributed by atoms with Crippen LogP contribution in [0.3, 0.4) is 0 Å². The molecule has 126 valence electrons. The standard InChI is InChI=1S/C19H22N2O3/c1-4-24-18-12-15(7-9-17(18)23-3)8-10-19(22)21-13-16-14(2)6-5-11-20-16/h5-12H,4,13H2,1-3H3,(H,21,22)/b10-8+. The largest absolute Gasteiger partial charge is 0.493 e. The van der Waals surface area contributed by atoms with Crippen LogP contribution in [0.5, 0.6) is 11.5 Å². The summed E-state index contributed by atoms with van der Waals surface area (Å²) in [5.74, 6) is 1.16. The highest BCUT2D eigenvalue weighted by atomic mass is 16.5. The number of nitrogens with zero attached hydrogens (tertiary/aromatic N) is 1. The summed E-state index contributed by atoms with van der Waals surface area (Å²) in [6.45, 7) is 4.84. The van der Waals surface area contributed by atoms with Gasteiger partial charge in [-0.2, -0.15) is 0 Å². The van der Waals surface area contributed by atoms with Crippen LogP contribution < -0.4 is 14.8 Å². The van der Waals surface area contributed by atoms with Gasteiger partial charge in [-0.1, -0.05) is 12.1 Å². The Balaban J connectivity index is 1.98. The van der Waals surface area contributed by atoms with E-state index in [1.807, 2.05) is 44.2 Å². The van der Waals surface area contributed by atoms with Crippen LogP contribution >= 0.6 is 0 Å². The van der Waals surface area contributed by atoms with Gasteiger partial charge in [0.1, 0.15) is 0 Å². The van der Waals surface area contributed by atoms with E-state index in [1.165, 1.54) is 6.08 Å². The number of pyridine rings is 1. The van der Waals surface area contributed by atoms with Crippen molar-refractivity contribution in [1.29, 1.82) is 0 Å². The minimum Gasteiger partial charge on any atom is -0.493 e. The molecule has 0 aliphatic rings. The highest BCUT2D eigenvalue weighted by Gasteiger charge is 2.05. The molecule has 0 spiro atoms. The van der Waals surface area contributed by atoms with Gasteiger partial charge in [-0.05, 0) is 49.2 Å². The number of carbonyl (C=O) groups excluding carboxylic acids is 1. The van der Waals surface area contributed by atoms with Gasteiger partial charge in [-0.3, -0.25) is 9.78 Å². The van der Waals surface area contributed by atoms with Gasteiger partial charge in [0.25, 0.3) is 0 Å². The van der Waals surface area contributed by atoms with Crippen molar-refractivity contribution >= 4 is 12.0 Å². The normalized spacial score (nSPS) is 10.6. The zero-order valence-electron chi connectivity index (χ0n) is 14.2. The second-order valence-corrected chi connectivity index (χ2v) is 5.16. The van der Waals surface area contributed by atoms with Crippen LogP contribution in [-0.2, 0) is 11.3 Å². The number of benzene rings is 1. The summed E-state index contributed by atoms with van der Waals surface area (Å²) in [5.41, 5.74) is 2.78. The second kappa shape index (κ2) is 8.72. The number of rotatable bonds is 7. The van der Waals surface area contributed by atoms with Crippen LogP contribution in [0.2, 0.25) is 0 Å². The highest BCUT2D eigenvalue weighted by Crippen LogP contribution is 2.28. The number of amides is 1. The first-order chi connectivity index (χ1) is 11.6. The number of hydrogen-bond donors (Lipinski definition) is 1. The van der Waals surface area contributed by atoms with E-state index in [0.717, 1.165) is 16.8 Å². The van der Waals surface area contributed by atoms with E-state index in [4.69, 9.17) is 9.47 Å². The smallest absolute Gasteiger partial charge is 0.244 e. The Kier molecular flexibility index (Phi) is 6.37. The van der Waals surface area contributed by atoms with E-state index in [-0.39, 0.29) is 5.91 Å². The molecule has 2 aromatic rings. The van der Waals surface area contributed by atoms with Gasteiger partial charge in [0.05, 0.1) is 26.0 Å². The molecule has 1 heterocycles. The van der Waals surface area contributed by atoms with Crippen LogP contribution in [0.15, 0.2) is 42.6 Å². The average Bonchev–Trinajstić information content (AvgIpc) is 2.60. The molecule has 1 amide bonds. The van der Waals surface area contributed by atoms with E-state index in [1.54, 1.807) is 19.4 Å². The molecule has 0 saturated carbocycles. The molecular formula is C19H22N2O3. The number of nitrogens with one attached hydrogen (secondary N) is 1. The SMILES string of the molecule is CCOc1cc(/C=C/C(=O)NCc2ncccc2C)ccc1OC. The van der Waals surface area contributed by atoms with Crippen molar-refractivity contribution in [3.63, 3.8) is 0 Å². The van der Waals surface area contributed by atoms with E-state index >= 15 is 0 Å². The van der Waals surface area contributed by atoms with Crippen LogP contribution in [0.1, 0.15) is 23.7 Å². The zero-order valence-corrected chi connectivity index (χ0v) is 14.2. The molecule has 0 fully saturated rings. The van der Waals surface area contributed by atoms with Crippen molar-refractivity contribution in [2.24, 2.45) is 0 Å². The summed E-state index contributed by atoms with van der Waals surface area (Å²) < 4.78 is 10.8. The molecule has 0 bridgehead atoms. The predicted octanol–water partition coefficient (Wildman–Crippen LogP) is 3.13. The molecule has 0 saturated heterocycles. The van der Waals surface area contributed by atoms with E-state index in [0.29, 0.717) is 24.7 Å². The molecule has 5 nitrogen and oxygen atoms in total. The lowest BCUT2D eigenvalue weighted by Gasteiger charge is -2.09.